The lowest BCUT2D eigenvalue weighted by Gasteiger charge is -2.46. The SMILES string of the molecule is CCCCC(CCC)N1CC2CCCN2CC1C. The maximum atomic E-state index is 2.85. The van der Waals surface area contributed by atoms with Gasteiger partial charge in [0.05, 0.1) is 0 Å². The lowest BCUT2D eigenvalue weighted by atomic mass is 9.98. The molecule has 106 valence electrons. The standard InChI is InChI=1S/C16H32N2/c1-4-6-9-15(8-5-2)18-13-16-10-7-11-17(16)12-14(18)3/h14-16H,4-13H2,1-3H3. The molecular formula is C16H32N2. The summed E-state index contributed by atoms with van der Waals surface area (Å²) in [7, 11) is 0. The molecule has 2 heterocycles. The Morgan fingerprint density at radius 1 is 1.11 bits per heavy atom. The average molecular weight is 252 g/mol. The van der Waals surface area contributed by atoms with Crippen molar-refractivity contribution in [3.05, 3.63) is 0 Å². The minimum atomic E-state index is 0.771. The van der Waals surface area contributed by atoms with Crippen molar-refractivity contribution in [1.82, 2.24) is 9.80 Å². The summed E-state index contributed by atoms with van der Waals surface area (Å²) in [4.78, 5) is 5.59. The molecule has 18 heavy (non-hydrogen) atoms. The summed E-state index contributed by atoms with van der Waals surface area (Å²) in [6, 6.07) is 2.50. The third-order valence-electron chi connectivity index (χ3n) is 4.97. The van der Waals surface area contributed by atoms with Gasteiger partial charge in [0.15, 0.2) is 0 Å². The average Bonchev–Trinajstić information content (AvgIpc) is 2.80. The molecule has 2 fully saturated rings. The Morgan fingerprint density at radius 3 is 2.67 bits per heavy atom. The van der Waals surface area contributed by atoms with E-state index in [2.05, 4.69) is 30.6 Å². The molecule has 2 heteroatoms. The molecule has 2 nitrogen and oxygen atoms in total. The zero-order chi connectivity index (χ0) is 13.0. The first kappa shape index (κ1) is 14.3. The Balaban J connectivity index is 1.94. The molecule has 0 aromatic carbocycles. The van der Waals surface area contributed by atoms with Crippen LogP contribution < -0.4 is 0 Å². The molecular weight excluding hydrogens is 220 g/mol. The Bertz CT molecular complexity index is 241. The second-order valence-electron chi connectivity index (χ2n) is 6.42. The maximum absolute atomic E-state index is 2.85. The normalized spacial score (nSPS) is 31.5. The third kappa shape index (κ3) is 3.27. The predicted molar refractivity (Wildman–Crippen MR) is 79.0 cm³/mol. The summed E-state index contributed by atoms with van der Waals surface area (Å²) < 4.78 is 0. The van der Waals surface area contributed by atoms with Crippen LogP contribution in [0.15, 0.2) is 0 Å². The van der Waals surface area contributed by atoms with Gasteiger partial charge in [-0.25, -0.2) is 0 Å². The lowest BCUT2D eigenvalue weighted by Crippen LogP contribution is -2.58. The summed E-state index contributed by atoms with van der Waals surface area (Å²) in [5.41, 5.74) is 0. The number of hydrogen-bond donors (Lipinski definition) is 0. The van der Waals surface area contributed by atoms with Gasteiger partial charge in [-0.05, 0) is 39.2 Å². The van der Waals surface area contributed by atoms with Crippen molar-refractivity contribution in [3.8, 4) is 0 Å². The second-order valence-corrected chi connectivity index (χ2v) is 6.42. The van der Waals surface area contributed by atoms with Crippen molar-refractivity contribution < 1.29 is 0 Å². The molecule has 0 saturated carbocycles. The van der Waals surface area contributed by atoms with Gasteiger partial charge in [-0.3, -0.25) is 9.80 Å². The van der Waals surface area contributed by atoms with E-state index < -0.39 is 0 Å². The molecule has 2 aliphatic rings. The Labute approximate surface area is 114 Å². The van der Waals surface area contributed by atoms with E-state index in [1.807, 2.05) is 0 Å². The highest BCUT2D eigenvalue weighted by atomic mass is 15.3. The number of nitrogens with zero attached hydrogens (tertiary/aromatic N) is 2. The monoisotopic (exact) mass is 252 g/mol. The van der Waals surface area contributed by atoms with E-state index in [-0.39, 0.29) is 0 Å². The first-order valence-corrected chi connectivity index (χ1v) is 8.26. The minimum Gasteiger partial charge on any atom is -0.298 e. The van der Waals surface area contributed by atoms with E-state index in [0.29, 0.717) is 0 Å². The van der Waals surface area contributed by atoms with Gasteiger partial charge in [0.25, 0.3) is 0 Å². The first-order valence-electron chi connectivity index (χ1n) is 8.26. The Morgan fingerprint density at radius 2 is 1.94 bits per heavy atom. The number of hydrogen-bond acceptors (Lipinski definition) is 2. The Hall–Kier alpha value is -0.0800. The van der Waals surface area contributed by atoms with E-state index >= 15 is 0 Å². The summed E-state index contributed by atoms with van der Waals surface area (Å²) >= 11 is 0. The van der Waals surface area contributed by atoms with Crippen LogP contribution in [0.2, 0.25) is 0 Å². The number of rotatable bonds is 6. The van der Waals surface area contributed by atoms with E-state index in [0.717, 1.165) is 18.1 Å². The molecule has 2 rings (SSSR count). The Kier molecular flexibility index (Phi) is 5.50. The van der Waals surface area contributed by atoms with Crippen molar-refractivity contribution in [1.29, 1.82) is 0 Å². The number of fused-ring (bicyclic) bond motifs is 1. The summed E-state index contributed by atoms with van der Waals surface area (Å²) in [5.74, 6) is 0. The highest BCUT2D eigenvalue weighted by molar-refractivity contribution is 4.93. The fourth-order valence-corrected chi connectivity index (χ4v) is 3.97. The second kappa shape index (κ2) is 6.91. The van der Waals surface area contributed by atoms with Crippen LogP contribution in [-0.4, -0.2) is 47.6 Å². The molecule has 0 radical (unpaired) electrons. The van der Waals surface area contributed by atoms with Crippen molar-refractivity contribution in [2.75, 3.05) is 19.6 Å². The predicted octanol–water partition coefficient (Wildman–Crippen LogP) is 3.51. The van der Waals surface area contributed by atoms with Crippen LogP contribution in [0.25, 0.3) is 0 Å². The maximum Gasteiger partial charge on any atom is 0.0224 e. The van der Waals surface area contributed by atoms with Crippen LogP contribution >= 0.6 is 0 Å². The van der Waals surface area contributed by atoms with Crippen LogP contribution in [0.5, 0.6) is 0 Å². The topological polar surface area (TPSA) is 6.48 Å². The van der Waals surface area contributed by atoms with Crippen LogP contribution in [0.1, 0.15) is 65.7 Å². The molecule has 2 saturated heterocycles. The lowest BCUT2D eigenvalue weighted by molar-refractivity contribution is 0.0215. The summed E-state index contributed by atoms with van der Waals surface area (Å²) in [6.07, 6.45) is 9.78. The fourth-order valence-electron chi connectivity index (χ4n) is 3.97. The van der Waals surface area contributed by atoms with Gasteiger partial charge in [-0.15, -0.1) is 0 Å². The molecule has 3 atom stereocenters. The molecule has 0 spiro atoms. The highest BCUT2D eigenvalue weighted by Crippen LogP contribution is 2.28. The fraction of sp³-hybridized carbons (Fsp3) is 1.00. The van der Waals surface area contributed by atoms with Crippen LogP contribution in [0, 0.1) is 0 Å². The zero-order valence-corrected chi connectivity index (χ0v) is 12.7. The van der Waals surface area contributed by atoms with Gasteiger partial charge in [-0.1, -0.05) is 33.1 Å². The van der Waals surface area contributed by atoms with E-state index in [1.165, 1.54) is 64.6 Å². The van der Waals surface area contributed by atoms with Gasteiger partial charge < -0.3 is 0 Å². The van der Waals surface area contributed by atoms with E-state index in [1.54, 1.807) is 0 Å². The number of unbranched alkanes of at least 4 members (excludes halogenated alkanes) is 1. The highest BCUT2D eigenvalue weighted by Gasteiger charge is 2.36. The van der Waals surface area contributed by atoms with Crippen molar-refractivity contribution in [2.45, 2.75) is 83.8 Å². The van der Waals surface area contributed by atoms with Crippen molar-refractivity contribution in [3.63, 3.8) is 0 Å². The number of piperazine rings is 1. The van der Waals surface area contributed by atoms with Crippen molar-refractivity contribution in [2.24, 2.45) is 0 Å². The summed E-state index contributed by atoms with van der Waals surface area (Å²) in [5, 5.41) is 0. The molecule has 0 bridgehead atoms. The van der Waals surface area contributed by atoms with Gasteiger partial charge in [0, 0.05) is 31.2 Å². The van der Waals surface area contributed by atoms with Crippen molar-refractivity contribution >= 4 is 0 Å². The van der Waals surface area contributed by atoms with Gasteiger partial charge in [-0.2, -0.15) is 0 Å². The van der Waals surface area contributed by atoms with Gasteiger partial charge in [0.2, 0.25) is 0 Å². The first-order chi connectivity index (χ1) is 8.76. The quantitative estimate of drug-likeness (QED) is 0.714. The van der Waals surface area contributed by atoms with Crippen LogP contribution in [0.3, 0.4) is 0 Å². The molecule has 0 aromatic heterocycles. The zero-order valence-electron chi connectivity index (χ0n) is 12.7. The molecule has 0 N–H and O–H groups in total. The molecule has 0 aliphatic carbocycles. The smallest absolute Gasteiger partial charge is 0.0224 e. The van der Waals surface area contributed by atoms with Crippen LogP contribution in [0.4, 0.5) is 0 Å². The summed E-state index contributed by atoms with van der Waals surface area (Å²) in [6.45, 7) is 11.1. The largest absolute Gasteiger partial charge is 0.298 e. The van der Waals surface area contributed by atoms with Gasteiger partial charge in [0.1, 0.15) is 0 Å². The molecule has 2 aliphatic heterocycles. The molecule has 3 unspecified atom stereocenters. The van der Waals surface area contributed by atoms with Crippen LogP contribution in [-0.2, 0) is 0 Å². The van der Waals surface area contributed by atoms with Gasteiger partial charge >= 0.3 is 0 Å². The third-order valence-corrected chi connectivity index (χ3v) is 4.97. The van der Waals surface area contributed by atoms with E-state index in [9.17, 15) is 0 Å². The minimum absolute atomic E-state index is 0.771. The van der Waals surface area contributed by atoms with E-state index in [4.69, 9.17) is 0 Å². The molecule has 0 aromatic rings. The molecule has 0 amide bonds.